The van der Waals surface area contributed by atoms with Crippen LogP contribution in [0.5, 0.6) is 0 Å². The van der Waals surface area contributed by atoms with E-state index < -0.39 is 35.8 Å². The number of Topliss-reactive ketones (excluding diaryl/α,β-unsaturated/α-hetero) is 1. The molecule has 4 rings (SSSR count). The Morgan fingerprint density at radius 2 is 1.53 bits per heavy atom. The minimum Gasteiger partial charge on any atom is -0.449 e. The summed E-state index contributed by atoms with van der Waals surface area (Å²) in [6.45, 7) is 0.0706. The molecule has 2 atom stereocenters. The number of fused-ring (bicyclic) bond motifs is 3. The molecule has 0 aliphatic heterocycles. The Morgan fingerprint density at radius 3 is 2.14 bits per heavy atom. The molecule has 9 heteroatoms. The second-order valence-corrected chi connectivity index (χ2v) is 8.51. The molecule has 3 aromatic rings. The van der Waals surface area contributed by atoms with E-state index in [-0.39, 0.29) is 31.1 Å². The fraction of sp³-hybridized carbons (Fsp3) is 0.259. The van der Waals surface area contributed by atoms with E-state index in [1.165, 1.54) is 12.1 Å². The number of amides is 1. The van der Waals surface area contributed by atoms with Crippen LogP contribution in [0.25, 0.3) is 11.1 Å². The number of hydrogen-bond acceptors (Lipinski definition) is 5. The van der Waals surface area contributed by atoms with Crippen LogP contribution < -0.4 is 5.32 Å². The molecule has 188 valence electrons. The number of rotatable bonds is 8. The normalized spacial score (nSPS) is 14.5. The molecule has 36 heavy (non-hydrogen) atoms. The molecule has 3 N–H and O–H groups in total. The van der Waals surface area contributed by atoms with Crippen molar-refractivity contribution in [2.24, 2.45) is 0 Å². The first kappa shape index (κ1) is 25.4. The van der Waals surface area contributed by atoms with Crippen molar-refractivity contribution in [1.82, 2.24) is 5.32 Å². The van der Waals surface area contributed by atoms with Gasteiger partial charge in [0, 0.05) is 18.0 Å². The Bertz CT molecular complexity index is 1210. The Balaban J connectivity index is 1.28. The minimum atomic E-state index is -5.05. The van der Waals surface area contributed by atoms with E-state index in [0.717, 1.165) is 34.4 Å². The highest BCUT2D eigenvalue weighted by Gasteiger charge is 2.39. The Kier molecular flexibility index (Phi) is 7.42. The van der Waals surface area contributed by atoms with Crippen molar-refractivity contribution < 1.29 is 37.7 Å². The van der Waals surface area contributed by atoms with Crippen LogP contribution in [-0.2, 0) is 4.74 Å². The molecule has 0 aromatic heterocycles. The van der Waals surface area contributed by atoms with Crippen LogP contribution in [0.3, 0.4) is 0 Å². The first-order valence-electron chi connectivity index (χ1n) is 11.3. The highest BCUT2D eigenvalue weighted by molar-refractivity contribution is 6.00. The molecular weight excluding hydrogens is 475 g/mol. The van der Waals surface area contributed by atoms with E-state index in [0.29, 0.717) is 0 Å². The van der Waals surface area contributed by atoms with E-state index in [1.807, 2.05) is 48.5 Å². The van der Waals surface area contributed by atoms with Gasteiger partial charge in [-0.3, -0.25) is 4.79 Å². The molecule has 0 saturated carbocycles. The zero-order valence-electron chi connectivity index (χ0n) is 19.0. The number of carbonyl (C=O) groups excluding carboxylic acids is 2. The van der Waals surface area contributed by atoms with E-state index in [4.69, 9.17) is 4.74 Å². The zero-order valence-corrected chi connectivity index (χ0v) is 19.0. The summed E-state index contributed by atoms with van der Waals surface area (Å²) in [6.07, 6.45) is -8.78. The topological polar surface area (TPSA) is 95.9 Å². The van der Waals surface area contributed by atoms with Gasteiger partial charge in [-0.1, -0.05) is 66.7 Å². The number of nitrogens with one attached hydrogen (secondary N) is 1. The van der Waals surface area contributed by atoms with Crippen LogP contribution in [-0.4, -0.2) is 47.5 Å². The Morgan fingerprint density at radius 1 is 0.917 bits per heavy atom. The standard InChI is InChI=1S/C27H24F3NO5/c28-27(29,30)25(34)17-7-5-6-16(14-17)24(33)23(32)12-13-31-26(35)36-15-22-20-10-3-1-8-18(20)19-9-2-4-11-21(19)22/h1-11,14,22-24,32-33H,12-13,15H2,(H,31,35). The first-order valence-corrected chi connectivity index (χ1v) is 11.3. The van der Waals surface area contributed by atoms with Gasteiger partial charge in [0.1, 0.15) is 12.7 Å². The summed E-state index contributed by atoms with van der Waals surface area (Å²) in [4.78, 5) is 23.7. The highest BCUT2D eigenvalue weighted by atomic mass is 19.4. The van der Waals surface area contributed by atoms with E-state index in [1.54, 1.807) is 0 Å². The molecule has 2 unspecified atom stereocenters. The number of ether oxygens (including phenoxy) is 1. The molecular formula is C27H24F3NO5. The van der Waals surface area contributed by atoms with Gasteiger partial charge in [0.25, 0.3) is 5.78 Å². The van der Waals surface area contributed by atoms with Crippen molar-refractivity contribution in [2.75, 3.05) is 13.2 Å². The average molecular weight is 499 g/mol. The maximum atomic E-state index is 12.7. The number of alkyl carbamates (subject to hydrolysis) is 1. The van der Waals surface area contributed by atoms with Gasteiger partial charge in [-0.2, -0.15) is 13.2 Å². The van der Waals surface area contributed by atoms with Crippen LogP contribution in [0, 0.1) is 0 Å². The summed E-state index contributed by atoms with van der Waals surface area (Å²) in [5.41, 5.74) is 3.65. The summed E-state index contributed by atoms with van der Waals surface area (Å²) < 4.78 is 43.4. The number of aliphatic hydroxyl groups excluding tert-OH is 2. The average Bonchev–Trinajstić information content (AvgIpc) is 3.19. The van der Waals surface area contributed by atoms with Gasteiger partial charge in [0.15, 0.2) is 0 Å². The lowest BCUT2D eigenvalue weighted by atomic mass is 9.98. The largest absolute Gasteiger partial charge is 0.454 e. The lowest BCUT2D eigenvalue weighted by Crippen LogP contribution is -2.30. The summed E-state index contributed by atoms with van der Waals surface area (Å²) >= 11 is 0. The Hall–Kier alpha value is -3.69. The number of ketones is 1. The van der Waals surface area contributed by atoms with Gasteiger partial charge in [0.2, 0.25) is 0 Å². The summed E-state index contributed by atoms with van der Waals surface area (Å²) in [5.74, 6) is -2.15. The zero-order chi connectivity index (χ0) is 25.9. The van der Waals surface area contributed by atoms with Crippen molar-refractivity contribution in [3.8, 4) is 11.1 Å². The molecule has 3 aromatic carbocycles. The number of benzene rings is 3. The van der Waals surface area contributed by atoms with Crippen molar-refractivity contribution in [3.63, 3.8) is 0 Å². The summed E-state index contributed by atoms with van der Waals surface area (Å²) in [7, 11) is 0. The molecule has 0 heterocycles. The van der Waals surface area contributed by atoms with Crippen LogP contribution in [0.15, 0.2) is 72.8 Å². The number of halogens is 3. The van der Waals surface area contributed by atoms with Crippen molar-refractivity contribution in [3.05, 3.63) is 95.1 Å². The number of hydrogen-bond donors (Lipinski definition) is 3. The lowest BCUT2D eigenvalue weighted by Gasteiger charge is -2.19. The smallest absolute Gasteiger partial charge is 0.449 e. The fourth-order valence-corrected chi connectivity index (χ4v) is 4.38. The van der Waals surface area contributed by atoms with Crippen LogP contribution in [0.4, 0.5) is 18.0 Å². The lowest BCUT2D eigenvalue weighted by molar-refractivity contribution is -0.0885. The summed E-state index contributed by atoms with van der Waals surface area (Å²) in [5, 5.41) is 23.1. The third kappa shape index (κ3) is 5.42. The van der Waals surface area contributed by atoms with E-state index in [2.05, 4.69) is 5.32 Å². The van der Waals surface area contributed by atoms with Gasteiger partial charge in [0.05, 0.1) is 6.10 Å². The quantitative estimate of drug-likeness (QED) is 0.389. The SMILES string of the molecule is O=C(NCCC(O)C(O)c1cccc(C(=O)C(F)(F)F)c1)OCC1c2ccccc2-c2ccccc21. The van der Waals surface area contributed by atoms with E-state index in [9.17, 15) is 33.0 Å². The van der Waals surface area contributed by atoms with Crippen molar-refractivity contribution in [1.29, 1.82) is 0 Å². The maximum Gasteiger partial charge on any atom is 0.454 e. The van der Waals surface area contributed by atoms with Crippen molar-refractivity contribution >= 4 is 11.9 Å². The molecule has 1 aliphatic carbocycles. The maximum absolute atomic E-state index is 12.7. The summed E-state index contributed by atoms with van der Waals surface area (Å²) in [6, 6.07) is 20.2. The Labute approximate surface area is 205 Å². The van der Waals surface area contributed by atoms with E-state index >= 15 is 0 Å². The molecule has 0 spiro atoms. The van der Waals surface area contributed by atoms with Crippen LogP contribution in [0.2, 0.25) is 0 Å². The molecule has 0 saturated heterocycles. The monoisotopic (exact) mass is 499 g/mol. The first-order chi connectivity index (χ1) is 17.2. The van der Waals surface area contributed by atoms with Crippen molar-refractivity contribution in [2.45, 2.75) is 30.7 Å². The third-order valence-electron chi connectivity index (χ3n) is 6.17. The molecule has 1 aliphatic rings. The van der Waals surface area contributed by atoms with Gasteiger partial charge in [-0.05, 0) is 40.3 Å². The van der Waals surface area contributed by atoms with Gasteiger partial charge >= 0.3 is 12.3 Å². The molecule has 0 bridgehead atoms. The predicted molar refractivity (Wildman–Crippen MR) is 125 cm³/mol. The molecule has 1 amide bonds. The third-order valence-corrected chi connectivity index (χ3v) is 6.17. The fourth-order valence-electron chi connectivity index (χ4n) is 4.38. The second kappa shape index (κ2) is 10.5. The second-order valence-electron chi connectivity index (χ2n) is 8.51. The minimum absolute atomic E-state index is 0.0428. The van der Waals surface area contributed by atoms with Crippen LogP contribution in [0.1, 0.15) is 45.5 Å². The highest BCUT2D eigenvalue weighted by Crippen LogP contribution is 2.44. The molecule has 0 radical (unpaired) electrons. The number of carbonyl (C=O) groups is 2. The van der Waals surface area contributed by atoms with Gasteiger partial charge < -0.3 is 20.3 Å². The number of aliphatic hydroxyl groups is 2. The van der Waals surface area contributed by atoms with Gasteiger partial charge in [-0.15, -0.1) is 0 Å². The number of alkyl halides is 3. The molecule has 0 fully saturated rings. The van der Waals surface area contributed by atoms with Crippen LogP contribution >= 0.6 is 0 Å². The van der Waals surface area contributed by atoms with Gasteiger partial charge in [-0.25, -0.2) is 4.79 Å². The predicted octanol–water partition coefficient (Wildman–Crippen LogP) is 4.75. The molecule has 6 nitrogen and oxygen atoms in total.